The molecule has 1 atom stereocenters. The Morgan fingerprint density at radius 3 is 2.43 bits per heavy atom. The molecular weight excluding hydrogens is 180 g/mol. The average molecular weight is 196 g/mol. The predicted molar refractivity (Wildman–Crippen MR) is 53.9 cm³/mol. The molecule has 0 aromatic heterocycles. The molecule has 0 saturated carbocycles. The quantitative estimate of drug-likeness (QED) is 0.446. The van der Waals surface area contributed by atoms with Crippen LogP contribution in [0.5, 0.6) is 0 Å². The molecule has 1 N–H and O–H groups in total. The Bertz CT molecular complexity index is 254. The van der Waals surface area contributed by atoms with Crippen LogP contribution in [-0.2, 0) is 16.0 Å². The first-order chi connectivity index (χ1) is 6.70. The Balaban J connectivity index is 2.48. The summed E-state index contributed by atoms with van der Waals surface area (Å²) < 4.78 is 5.04. The number of benzene rings is 1. The van der Waals surface area contributed by atoms with Crippen molar-refractivity contribution in [3.63, 3.8) is 0 Å². The van der Waals surface area contributed by atoms with Gasteiger partial charge in [0, 0.05) is 13.5 Å². The zero-order chi connectivity index (χ0) is 10.4. The Hall–Kier alpha value is -0.900. The van der Waals surface area contributed by atoms with Crippen LogP contribution in [0.15, 0.2) is 30.3 Å². The number of methoxy groups -OCH3 is 1. The van der Waals surface area contributed by atoms with Crippen LogP contribution < -0.4 is 0 Å². The number of hydrogen-bond donors (Lipinski definition) is 1. The van der Waals surface area contributed by atoms with Crippen molar-refractivity contribution < 1.29 is 14.9 Å². The fourth-order valence-electron chi connectivity index (χ4n) is 1.20. The first kappa shape index (κ1) is 11.2. The van der Waals surface area contributed by atoms with Crippen molar-refractivity contribution in [1.82, 2.24) is 0 Å². The minimum absolute atomic E-state index is 0.615. The van der Waals surface area contributed by atoms with Crippen molar-refractivity contribution in [3.05, 3.63) is 35.9 Å². The molecule has 3 nitrogen and oxygen atoms in total. The summed E-state index contributed by atoms with van der Waals surface area (Å²) in [5, 5.41) is 8.64. The van der Waals surface area contributed by atoms with Crippen LogP contribution in [0.4, 0.5) is 0 Å². The van der Waals surface area contributed by atoms with Crippen LogP contribution in [0.25, 0.3) is 0 Å². The topological polar surface area (TPSA) is 38.7 Å². The van der Waals surface area contributed by atoms with Gasteiger partial charge in [0.2, 0.25) is 0 Å². The predicted octanol–water partition coefficient (Wildman–Crippen LogP) is 2.47. The van der Waals surface area contributed by atoms with Gasteiger partial charge in [0.05, 0.1) is 0 Å². The van der Waals surface area contributed by atoms with Crippen LogP contribution in [0, 0.1) is 0 Å². The molecule has 1 aromatic rings. The number of ether oxygens (including phenoxy) is 1. The summed E-state index contributed by atoms with van der Waals surface area (Å²) in [7, 11) is 1.52. The highest BCUT2D eigenvalue weighted by Gasteiger charge is 2.24. The Labute approximate surface area is 84.2 Å². The first-order valence-corrected chi connectivity index (χ1v) is 4.62. The van der Waals surface area contributed by atoms with Crippen molar-refractivity contribution in [2.24, 2.45) is 0 Å². The van der Waals surface area contributed by atoms with Gasteiger partial charge in [-0.2, -0.15) is 0 Å². The average Bonchev–Trinajstić information content (AvgIpc) is 2.27. The molecule has 0 radical (unpaired) electrons. The van der Waals surface area contributed by atoms with Crippen molar-refractivity contribution in [2.45, 2.75) is 25.6 Å². The molecule has 0 bridgehead atoms. The lowest BCUT2D eigenvalue weighted by Crippen LogP contribution is -2.30. The maximum atomic E-state index is 8.64. The van der Waals surface area contributed by atoms with Gasteiger partial charge in [0.25, 0.3) is 0 Å². The maximum Gasteiger partial charge on any atom is 0.198 e. The highest BCUT2D eigenvalue weighted by atomic mass is 17.1. The highest BCUT2D eigenvalue weighted by molar-refractivity contribution is 5.14. The van der Waals surface area contributed by atoms with Crippen LogP contribution in [0.1, 0.15) is 18.9 Å². The van der Waals surface area contributed by atoms with E-state index in [1.807, 2.05) is 30.3 Å². The van der Waals surface area contributed by atoms with E-state index in [2.05, 4.69) is 4.89 Å². The Morgan fingerprint density at radius 2 is 1.93 bits per heavy atom. The summed E-state index contributed by atoms with van der Waals surface area (Å²) in [4.78, 5) is 4.29. The van der Waals surface area contributed by atoms with Crippen molar-refractivity contribution >= 4 is 0 Å². The van der Waals surface area contributed by atoms with E-state index in [1.54, 1.807) is 6.92 Å². The first-order valence-electron chi connectivity index (χ1n) is 4.62. The van der Waals surface area contributed by atoms with Crippen LogP contribution >= 0.6 is 0 Å². The molecule has 0 aliphatic heterocycles. The summed E-state index contributed by atoms with van der Waals surface area (Å²) in [5.41, 5.74) is 1.20. The molecule has 0 saturated heterocycles. The molecule has 78 valence electrons. The van der Waals surface area contributed by atoms with Gasteiger partial charge in [0.1, 0.15) is 0 Å². The van der Waals surface area contributed by atoms with Crippen molar-refractivity contribution in [2.75, 3.05) is 7.11 Å². The third-order valence-electron chi connectivity index (χ3n) is 2.34. The van der Waals surface area contributed by atoms with Crippen LogP contribution in [0.3, 0.4) is 0 Å². The summed E-state index contributed by atoms with van der Waals surface area (Å²) in [6, 6.07) is 10.0. The third-order valence-corrected chi connectivity index (χ3v) is 2.34. The molecule has 0 amide bonds. The van der Waals surface area contributed by atoms with Crippen LogP contribution in [-0.4, -0.2) is 18.2 Å². The largest absolute Gasteiger partial charge is 0.351 e. The lowest BCUT2D eigenvalue weighted by atomic mass is 10.1. The van der Waals surface area contributed by atoms with Crippen molar-refractivity contribution in [1.29, 1.82) is 0 Å². The number of aryl methyl sites for hydroxylation is 1. The Kier molecular flexibility index (Phi) is 4.07. The second kappa shape index (κ2) is 5.10. The normalized spacial score (nSPS) is 15.1. The number of rotatable bonds is 5. The second-order valence-corrected chi connectivity index (χ2v) is 3.41. The molecule has 3 heteroatoms. The van der Waals surface area contributed by atoms with E-state index in [-0.39, 0.29) is 0 Å². The summed E-state index contributed by atoms with van der Waals surface area (Å²) >= 11 is 0. The molecule has 1 aromatic carbocycles. The Morgan fingerprint density at radius 1 is 1.29 bits per heavy atom. The molecule has 14 heavy (non-hydrogen) atoms. The van der Waals surface area contributed by atoms with Gasteiger partial charge in [-0.25, -0.2) is 10.1 Å². The fraction of sp³-hybridized carbons (Fsp3) is 0.455. The summed E-state index contributed by atoms with van der Waals surface area (Å²) in [6.07, 6.45) is 1.43. The standard InChI is InChI=1S/C11H16O3/c1-11(13-2,14-12)9-8-10-6-4-3-5-7-10/h3-7,12H,8-9H2,1-2H3. The fourth-order valence-corrected chi connectivity index (χ4v) is 1.20. The smallest absolute Gasteiger partial charge is 0.198 e. The minimum Gasteiger partial charge on any atom is -0.351 e. The van der Waals surface area contributed by atoms with E-state index in [1.165, 1.54) is 12.7 Å². The van der Waals surface area contributed by atoms with Gasteiger partial charge in [0.15, 0.2) is 5.79 Å². The SMILES string of the molecule is COC(C)(CCc1ccccc1)OO. The van der Waals surface area contributed by atoms with Gasteiger partial charge in [-0.15, -0.1) is 0 Å². The summed E-state index contributed by atoms with van der Waals surface area (Å²) in [6.45, 7) is 1.70. The van der Waals surface area contributed by atoms with E-state index in [0.29, 0.717) is 6.42 Å². The molecule has 1 unspecified atom stereocenters. The molecule has 0 aliphatic carbocycles. The monoisotopic (exact) mass is 196 g/mol. The zero-order valence-corrected chi connectivity index (χ0v) is 8.56. The lowest BCUT2D eigenvalue weighted by molar-refractivity contribution is -0.393. The second-order valence-electron chi connectivity index (χ2n) is 3.41. The minimum atomic E-state index is -0.907. The molecule has 0 fully saturated rings. The summed E-state index contributed by atoms with van der Waals surface area (Å²) in [5.74, 6) is -0.907. The molecule has 0 heterocycles. The van der Waals surface area contributed by atoms with Crippen molar-refractivity contribution in [3.8, 4) is 0 Å². The molecule has 0 aliphatic rings. The lowest BCUT2D eigenvalue weighted by Gasteiger charge is -2.23. The van der Waals surface area contributed by atoms with Gasteiger partial charge in [-0.05, 0) is 18.9 Å². The van der Waals surface area contributed by atoms with Gasteiger partial charge in [-0.3, -0.25) is 0 Å². The zero-order valence-electron chi connectivity index (χ0n) is 8.56. The van der Waals surface area contributed by atoms with E-state index in [9.17, 15) is 0 Å². The highest BCUT2D eigenvalue weighted by Crippen LogP contribution is 2.17. The van der Waals surface area contributed by atoms with E-state index in [4.69, 9.17) is 9.99 Å². The maximum absolute atomic E-state index is 8.64. The molecule has 1 rings (SSSR count). The third kappa shape index (κ3) is 3.10. The number of hydrogen-bond acceptors (Lipinski definition) is 3. The van der Waals surface area contributed by atoms with E-state index >= 15 is 0 Å². The van der Waals surface area contributed by atoms with E-state index in [0.717, 1.165) is 6.42 Å². The van der Waals surface area contributed by atoms with Crippen LogP contribution in [0.2, 0.25) is 0 Å². The van der Waals surface area contributed by atoms with E-state index < -0.39 is 5.79 Å². The van der Waals surface area contributed by atoms with Gasteiger partial charge < -0.3 is 4.74 Å². The molecular formula is C11H16O3. The van der Waals surface area contributed by atoms with Gasteiger partial charge >= 0.3 is 0 Å². The molecule has 0 spiro atoms. The van der Waals surface area contributed by atoms with Gasteiger partial charge in [-0.1, -0.05) is 30.3 Å².